The van der Waals surface area contributed by atoms with Crippen LogP contribution in [0.4, 0.5) is 5.69 Å². The van der Waals surface area contributed by atoms with Crippen molar-refractivity contribution in [2.45, 2.75) is 43.1 Å². The maximum absolute atomic E-state index is 13.0. The van der Waals surface area contributed by atoms with E-state index in [1.54, 1.807) is 4.31 Å². The molecule has 2 aliphatic rings. The van der Waals surface area contributed by atoms with Crippen molar-refractivity contribution in [3.63, 3.8) is 0 Å². The first-order valence-corrected chi connectivity index (χ1v) is 13.8. The summed E-state index contributed by atoms with van der Waals surface area (Å²) in [5.41, 5.74) is 2.99. The summed E-state index contributed by atoms with van der Waals surface area (Å²) in [4.78, 5) is 0. The lowest BCUT2D eigenvalue weighted by molar-refractivity contribution is 0.259. The number of fused-ring (bicyclic) bond motifs is 2. The van der Waals surface area contributed by atoms with E-state index < -0.39 is 10.0 Å². The van der Waals surface area contributed by atoms with Crippen LogP contribution in [0, 0.1) is 0 Å². The number of piperidine rings is 1. The Bertz CT molecular complexity index is 1070. The molecule has 5 nitrogen and oxygen atoms in total. The molecule has 0 aromatic heterocycles. The molecule has 174 valence electrons. The zero-order valence-electron chi connectivity index (χ0n) is 18.6. The number of para-hydroxylation sites is 1. The lowest BCUT2D eigenvalue weighted by atomic mass is 9.68. The number of nitrogens with one attached hydrogen (secondary N) is 2. The first-order valence-electron chi connectivity index (χ1n) is 11.2. The van der Waals surface area contributed by atoms with Gasteiger partial charge in [-0.25, -0.2) is 8.42 Å². The summed E-state index contributed by atoms with van der Waals surface area (Å²) in [6, 6.07) is 13.8. The number of likely N-dealkylation sites (N-methyl/N-ethyl adjacent to an activating group) is 1. The predicted octanol–water partition coefficient (Wildman–Crippen LogP) is 4.55. The van der Waals surface area contributed by atoms with E-state index in [1.165, 1.54) is 11.8 Å². The van der Waals surface area contributed by atoms with E-state index in [0.29, 0.717) is 10.0 Å². The van der Waals surface area contributed by atoms with Crippen molar-refractivity contribution in [2.24, 2.45) is 0 Å². The van der Waals surface area contributed by atoms with Crippen LogP contribution in [-0.2, 0) is 15.4 Å². The molecule has 0 bridgehead atoms. The molecule has 2 aliphatic heterocycles. The largest absolute Gasteiger partial charge is 0.319 e. The van der Waals surface area contributed by atoms with Crippen molar-refractivity contribution in [2.75, 3.05) is 37.2 Å². The molecular formula is C24H31Cl2N3O2S. The maximum Gasteiger partial charge on any atom is 0.232 e. The molecule has 8 heteroatoms. The van der Waals surface area contributed by atoms with Gasteiger partial charge in [0.25, 0.3) is 0 Å². The van der Waals surface area contributed by atoms with Crippen LogP contribution in [0.1, 0.15) is 42.7 Å². The highest BCUT2D eigenvalue weighted by Crippen LogP contribution is 2.53. The third-order valence-electron chi connectivity index (χ3n) is 7.11. The van der Waals surface area contributed by atoms with Gasteiger partial charge in [-0.1, -0.05) is 47.5 Å². The molecule has 1 fully saturated rings. The number of rotatable bonds is 7. The van der Waals surface area contributed by atoms with Gasteiger partial charge in [0.2, 0.25) is 10.0 Å². The minimum atomic E-state index is -3.42. The third-order valence-corrected chi connectivity index (χ3v) is 9.01. The molecule has 32 heavy (non-hydrogen) atoms. The van der Waals surface area contributed by atoms with E-state index in [9.17, 15) is 8.42 Å². The summed E-state index contributed by atoms with van der Waals surface area (Å²) in [6.07, 6.45) is 4.82. The van der Waals surface area contributed by atoms with Crippen LogP contribution in [0.25, 0.3) is 0 Å². The lowest BCUT2D eigenvalue weighted by Gasteiger charge is -2.42. The van der Waals surface area contributed by atoms with Gasteiger partial charge in [-0.15, -0.1) is 0 Å². The molecule has 1 spiro atoms. The van der Waals surface area contributed by atoms with Crippen LogP contribution < -0.4 is 14.9 Å². The summed E-state index contributed by atoms with van der Waals surface area (Å²) in [5, 5.41) is 7.84. The number of hydrogen-bond donors (Lipinski definition) is 2. The molecule has 0 amide bonds. The van der Waals surface area contributed by atoms with Crippen molar-refractivity contribution < 1.29 is 8.42 Å². The van der Waals surface area contributed by atoms with Crippen molar-refractivity contribution >= 4 is 38.9 Å². The maximum atomic E-state index is 13.0. The zero-order valence-corrected chi connectivity index (χ0v) is 20.9. The Kier molecular flexibility index (Phi) is 7.08. The van der Waals surface area contributed by atoms with Gasteiger partial charge in [0.05, 0.1) is 28.0 Å². The van der Waals surface area contributed by atoms with Gasteiger partial charge >= 0.3 is 0 Å². The Balaban J connectivity index is 1.70. The normalized spacial score (nSPS) is 21.0. The standard InChI is InChI=1S/C24H31Cl2N3O2S/c1-27-16-18(17-7-9-20(25)21(26)15-17)8-10-23-24(11-13-28-14-12-24)19-5-3-4-6-22(19)29(23)32(2,30)31/h3-7,9,15,18,23,27-28H,8,10-14,16H2,1-2H3/t18-,23?/m1/s1. The zero-order chi connectivity index (χ0) is 22.9. The third kappa shape index (κ3) is 4.40. The highest BCUT2D eigenvalue weighted by atomic mass is 35.5. The van der Waals surface area contributed by atoms with Gasteiger partial charge in [0.15, 0.2) is 0 Å². The van der Waals surface area contributed by atoms with Crippen molar-refractivity contribution in [3.8, 4) is 0 Å². The quantitative estimate of drug-likeness (QED) is 0.591. The molecule has 2 aromatic rings. The highest BCUT2D eigenvalue weighted by Gasteiger charge is 2.53. The fraction of sp³-hybridized carbons (Fsp3) is 0.500. The number of benzene rings is 2. The van der Waals surface area contributed by atoms with Gasteiger partial charge in [-0.05, 0) is 81.1 Å². The molecule has 2 N–H and O–H groups in total. The molecule has 0 radical (unpaired) electrons. The van der Waals surface area contributed by atoms with Gasteiger partial charge in [0, 0.05) is 12.0 Å². The Hall–Kier alpha value is -1.31. The molecule has 1 saturated heterocycles. The second-order valence-corrected chi connectivity index (χ2v) is 11.7. The second-order valence-electron chi connectivity index (χ2n) is 9.00. The first-order chi connectivity index (χ1) is 15.3. The smallest absolute Gasteiger partial charge is 0.232 e. The summed E-state index contributed by atoms with van der Waals surface area (Å²) in [7, 11) is -1.48. The molecule has 1 unspecified atom stereocenters. The molecule has 2 atom stereocenters. The SMILES string of the molecule is CNC[C@@H](CCC1N(S(C)(=O)=O)c2ccccc2C12CCNCC2)c1ccc(Cl)c(Cl)c1. The molecule has 0 saturated carbocycles. The molecular weight excluding hydrogens is 465 g/mol. The first kappa shape index (κ1) is 23.8. The van der Waals surface area contributed by atoms with E-state index in [0.717, 1.165) is 56.6 Å². The van der Waals surface area contributed by atoms with Gasteiger partial charge in [0.1, 0.15) is 0 Å². The van der Waals surface area contributed by atoms with Crippen LogP contribution in [0.3, 0.4) is 0 Å². The Labute approximate surface area is 201 Å². The topological polar surface area (TPSA) is 61.4 Å². The Morgan fingerprint density at radius 2 is 1.88 bits per heavy atom. The monoisotopic (exact) mass is 495 g/mol. The van der Waals surface area contributed by atoms with Crippen molar-refractivity contribution in [1.82, 2.24) is 10.6 Å². The molecule has 4 rings (SSSR count). The van der Waals surface area contributed by atoms with Gasteiger partial charge < -0.3 is 10.6 Å². The number of hydrogen-bond acceptors (Lipinski definition) is 4. The number of sulfonamides is 1. The fourth-order valence-electron chi connectivity index (χ4n) is 5.70. The van der Waals surface area contributed by atoms with Gasteiger partial charge in [-0.3, -0.25) is 4.31 Å². The summed E-state index contributed by atoms with van der Waals surface area (Å²) in [6.45, 7) is 2.58. The van der Waals surface area contributed by atoms with E-state index >= 15 is 0 Å². The summed E-state index contributed by atoms with van der Waals surface area (Å²) >= 11 is 12.4. The number of halogens is 2. The summed E-state index contributed by atoms with van der Waals surface area (Å²) in [5.74, 6) is 0.207. The average molecular weight is 497 g/mol. The molecule has 0 aliphatic carbocycles. The number of anilines is 1. The van der Waals surface area contributed by atoms with Crippen LogP contribution >= 0.6 is 23.2 Å². The Morgan fingerprint density at radius 3 is 2.53 bits per heavy atom. The van der Waals surface area contributed by atoms with E-state index in [-0.39, 0.29) is 17.4 Å². The second kappa shape index (κ2) is 9.51. The predicted molar refractivity (Wildman–Crippen MR) is 134 cm³/mol. The van der Waals surface area contributed by atoms with E-state index in [2.05, 4.69) is 16.7 Å². The minimum Gasteiger partial charge on any atom is -0.319 e. The van der Waals surface area contributed by atoms with Crippen LogP contribution in [0.5, 0.6) is 0 Å². The van der Waals surface area contributed by atoms with Crippen molar-refractivity contribution in [1.29, 1.82) is 0 Å². The van der Waals surface area contributed by atoms with Crippen LogP contribution in [0.2, 0.25) is 10.0 Å². The molecule has 2 aromatic carbocycles. The number of nitrogens with zero attached hydrogens (tertiary/aromatic N) is 1. The summed E-state index contributed by atoms with van der Waals surface area (Å²) < 4.78 is 27.7. The highest BCUT2D eigenvalue weighted by molar-refractivity contribution is 7.92. The van der Waals surface area contributed by atoms with E-state index in [4.69, 9.17) is 23.2 Å². The van der Waals surface area contributed by atoms with Crippen molar-refractivity contribution in [3.05, 3.63) is 63.6 Å². The fourth-order valence-corrected chi connectivity index (χ4v) is 7.29. The van der Waals surface area contributed by atoms with Gasteiger partial charge in [-0.2, -0.15) is 0 Å². The minimum absolute atomic E-state index is 0.0980. The van der Waals surface area contributed by atoms with E-state index in [1.807, 2.05) is 43.4 Å². The van der Waals surface area contributed by atoms with Crippen LogP contribution in [0.15, 0.2) is 42.5 Å². The Morgan fingerprint density at radius 1 is 1.16 bits per heavy atom. The average Bonchev–Trinajstić information content (AvgIpc) is 3.03. The lowest BCUT2D eigenvalue weighted by Crippen LogP contribution is -2.52. The molecule has 2 heterocycles. The van der Waals surface area contributed by atoms with Crippen LogP contribution in [-0.4, -0.2) is 47.4 Å².